The van der Waals surface area contributed by atoms with Crippen LogP contribution in [0, 0.1) is 5.92 Å². The molecule has 1 saturated heterocycles. The average Bonchev–Trinajstić information content (AvgIpc) is 2.99. The fourth-order valence-electron chi connectivity index (χ4n) is 3.97. The number of hydrogen-bond donors (Lipinski definition) is 1. The minimum Gasteiger partial charge on any atom is -0.341 e. The van der Waals surface area contributed by atoms with Gasteiger partial charge < -0.3 is 9.80 Å². The molecule has 1 N–H and O–H groups in total. The molecule has 8 heteroatoms. The van der Waals surface area contributed by atoms with Crippen LogP contribution < -0.4 is 5.56 Å². The Balaban J connectivity index is 1.53. The predicted octanol–water partition coefficient (Wildman–Crippen LogP) is 2.00. The fourth-order valence-corrected chi connectivity index (χ4v) is 3.97. The van der Waals surface area contributed by atoms with Gasteiger partial charge in [0, 0.05) is 44.6 Å². The van der Waals surface area contributed by atoms with E-state index in [0.717, 1.165) is 16.7 Å². The minimum absolute atomic E-state index is 0.0496. The lowest BCUT2D eigenvalue weighted by Gasteiger charge is -2.23. The zero-order valence-corrected chi connectivity index (χ0v) is 17.9. The van der Waals surface area contributed by atoms with Crippen LogP contribution in [0.15, 0.2) is 65.7 Å². The maximum atomic E-state index is 13.1. The number of rotatable bonds is 5. The molecule has 2 amide bonds. The first kappa shape index (κ1) is 21.4. The van der Waals surface area contributed by atoms with Crippen LogP contribution in [-0.4, -0.2) is 63.0 Å². The van der Waals surface area contributed by atoms with E-state index in [1.54, 1.807) is 16.0 Å². The zero-order valence-electron chi connectivity index (χ0n) is 17.9. The third-order valence-corrected chi connectivity index (χ3v) is 5.74. The van der Waals surface area contributed by atoms with E-state index in [-0.39, 0.29) is 29.0 Å². The Labute approximate surface area is 185 Å². The highest BCUT2D eigenvalue weighted by molar-refractivity contribution is 5.93. The van der Waals surface area contributed by atoms with Crippen molar-refractivity contribution in [3.63, 3.8) is 0 Å². The Morgan fingerprint density at radius 3 is 2.53 bits per heavy atom. The van der Waals surface area contributed by atoms with Crippen molar-refractivity contribution < 1.29 is 9.59 Å². The number of benzene rings is 1. The summed E-state index contributed by atoms with van der Waals surface area (Å²) in [5.74, 6) is -0.592. The van der Waals surface area contributed by atoms with Gasteiger partial charge in [0.05, 0.1) is 5.92 Å². The molecular formula is C24H25N5O3. The monoisotopic (exact) mass is 431 g/mol. The van der Waals surface area contributed by atoms with Crippen LogP contribution in [0.5, 0.6) is 0 Å². The number of likely N-dealkylation sites (N-methyl/N-ethyl adjacent to an activating group) is 1. The standard InChI is InChI=1S/C24H25N5O3/c1-2-28-12-13-29(24(32)21-9-10-22(30)27-26-21)16-20(23(28)31)14-17-5-7-18(8-6-17)19-4-3-11-25-15-19/h3-11,15,20H,2,12-14,16H2,1H3,(H,27,30). The number of nitrogens with zero attached hydrogens (tertiary/aromatic N) is 4. The van der Waals surface area contributed by atoms with E-state index in [1.165, 1.54) is 12.1 Å². The van der Waals surface area contributed by atoms with Crippen molar-refractivity contribution in [1.29, 1.82) is 0 Å². The predicted molar refractivity (Wildman–Crippen MR) is 120 cm³/mol. The molecule has 8 nitrogen and oxygen atoms in total. The van der Waals surface area contributed by atoms with Crippen LogP contribution >= 0.6 is 0 Å². The molecular weight excluding hydrogens is 406 g/mol. The Bertz CT molecular complexity index is 1120. The second-order valence-electron chi connectivity index (χ2n) is 7.82. The average molecular weight is 431 g/mol. The summed E-state index contributed by atoms with van der Waals surface area (Å²) in [6, 6.07) is 14.7. The summed E-state index contributed by atoms with van der Waals surface area (Å²) in [5, 5.41) is 6.16. The number of nitrogens with one attached hydrogen (secondary N) is 1. The third kappa shape index (κ3) is 4.74. The number of carbonyl (C=O) groups excluding carboxylic acids is 2. The molecule has 1 atom stereocenters. The summed E-state index contributed by atoms with van der Waals surface area (Å²) >= 11 is 0. The molecule has 0 aliphatic carbocycles. The first-order valence-corrected chi connectivity index (χ1v) is 10.7. The topological polar surface area (TPSA) is 99.3 Å². The van der Waals surface area contributed by atoms with Gasteiger partial charge in [0.15, 0.2) is 0 Å². The summed E-state index contributed by atoms with van der Waals surface area (Å²) in [6.07, 6.45) is 4.09. The maximum Gasteiger partial charge on any atom is 0.274 e. The molecule has 3 heterocycles. The lowest BCUT2D eigenvalue weighted by molar-refractivity contribution is -0.134. The van der Waals surface area contributed by atoms with Crippen LogP contribution in [0.25, 0.3) is 11.1 Å². The second-order valence-corrected chi connectivity index (χ2v) is 7.82. The van der Waals surface area contributed by atoms with Crippen molar-refractivity contribution in [2.75, 3.05) is 26.2 Å². The molecule has 0 saturated carbocycles. The van der Waals surface area contributed by atoms with Gasteiger partial charge in [0.25, 0.3) is 11.5 Å². The summed E-state index contributed by atoms with van der Waals surface area (Å²) in [4.78, 5) is 45.0. The van der Waals surface area contributed by atoms with Gasteiger partial charge in [0.2, 0.25) is 5.91 Å². The maximum absolute atomic E-state index is 13.1. The van der Waals surface area contributed by atoms with Crippen LogP contribution in [0.2, 0.25) is 0 Å². The number of carbonyl (C=O) groups is 2. The molecule has 1 aromatic carbocycles. The number of H-pyrrole nitrogens is 1. The minimum atomic E-state index is -0.364. The summed E-state index contributed by atoms with van der Waals surface area (Å²) in [5.41, 5.74) is 2.93. The van der Waals surface area contributed by atoms with Crippen molar-refractivity contribution in [3.8, 4) is 11.1 Å². The van der Waals surface area contributed by atoms with E-state index < -0.39 is 0 Å². The molecule has 164 valence electrons. The molecule has 1 aliphatic heterocycles. The second kappa shape index (κ2) is 9.55. The Morgan fingerprint density at radius 2 is 1.88 bits per heavy atom. The molecule has 0 radical (unpaired) electrons. The van der Waals surface area contributed by atoms with Crippen molar-refractivity contribution in [2.45, 2.75) is 13.3 Å². The number of amides is 2. The quantitative estimate of drug-likeness (QED) is 0.666. The van der Waals surface area contributed by atoms with E-state index in [0.29, 0.717) is 32.6 Å². The van der Waals surface area contributed by atoms with E-state index in [4.69, 9.17) is 0 Å². The first-order chi connectivity index (χ1) is 15.5. The summed E-state index contributed by atoms with van der Waals surface area (Å²) < 4.78 is 0. The van der Waals surface area contributed by atoms with Gasteiger partial charge >= 0.3 is 0 Å². The summed E-state index contributed by atoms with van der Waals surface area (Å²) in [7, 11) is 0. The lowest BCUT2D eigenvalue weighted by atomic mass is 9.96. The van der Waals surface area contributed by atoms with Gasteiger partial charge in [-0.3, -0.25) is 19.4 Å². The van der Waals surface area contributed by atoms with E-state index >= 15 is 0 Å². The molecule has 3 aromatic rings. The van der Waals surface area contributed by atoms with Gasteiger partial charge in [-0.05, 0) is 42.2 Å². The van der Waals surface area contributed by atoms with Crippen molar-refractivity contribution in [2.24, 2.45) is 5.92 Å². The first-order valence-electron chi connectivity index (χ1n) is 10.7. The van der Waals surface area contributed by atoms with Crippen molar-refractivity contribution >= 4 is 11.8 Å². The molecule has 0 bridgehead atoms. The molecule has 32 heavy (non-hydrogen) atoms. The third-order valence-electron chi connectivity index (χ3n) is 5.74. The highest BCUT2D eigenvalue weighted by Gasteiger charge is 2.32. The van der Waals surface area contributed by atoms with Crippen molar-refractivity contribution in [3.05, 3.63) is 82.5 Å². The van der Waals surface area contributed by atoms with E-state index in [9.17, 15) is 14.4 Å². The normalized spacial score (nSPS) is 16.7. The van der Waals surface area contributed by atoms with Gasteiger partial charge in [-0.2, -0.15) is 5.10 Å². The molecule has 2 aromatic heterocycles. The Hall–Kier alpha value is -3.81. The lowest BCUT2D eigenvalue weighted by Crippen LogP contribution is -2.38. The molecule has 0 spiro atoms. The van der Waals surface area contributed by atoms with Crippen molar-refractivity contribution in [1.82, 2.24) is 25.0 Å². The Morgan fingerprint density at radius 1 is 1.06 bits per heavy atom. The van der Waals surface area contributed by atoms with Gasteiger partial charge in [-0.25, -0.2) is 5.10 Å². The molecule has 1 unspecified atom stereocenters. The number of hydrogen-bond acceptors (Lipinski definition) is 5. The largest absolute Gasteiger partial charge is 0.341 e. The van der Waals surface area contributed by atoms with Crippen LogP contribution in [0.4, 0.5) is 0 Å². The molecule has 4 rings (SSSR count). The molecule has 1 aliphatic rings. The van der Waals surface area contributed by atoms with Crippen LogP contribution in [-0.2, 0) is 11.2 Å². The smallest absolute Gasteiger partial charge is 0.274 e. The number of pyridine rings is 1. The molecule has 1 fully saturated rings. The van der Waals surface area contributed by atoms with Gasteiger partial charge in [0.1, 0.15) is 5.69 Å². The SMILES string of the molecule is CCN1CCN(C(=O)c2ccc(=O)[nH]n2)CC(Cc2ccc(-c3cccnc3)cc2)C1=O. The van der Waals surface area contributed by atoms with Crippen LogP contribution in [0.1, 0.15) is 23.0 Å². The Kier molecular flexibility index (Phi) is 6.39. The fraction of sp³-hybridized carbons (Fsp3) is 0.292. The van der Waals surface area contributed by atoms with Gasteiger partial charge in [-0.15, -0.1) is 0 Å². The van der Waals surface area contributed by atoms with E-state index in [2.05, 4.69) is 15.2 Å². The highest BCUT2D eigenvalue weighted by Crippen LogP contribution is 2.22. The zero-order chi connectivity index (χ0) is 22.5. The highest BCUT2D eigenvalue weighted by atomic mass is 16.2. The number of aromatic nitrogens is 3. The number of aromatic amines is 1. The van der Waals surface area contributed by atoms with Crippen LogP contribution in [0.3, 0.4) is 0 Å². The van der Waals surface area contributed by atoms with E-state index in [1.807, 2.05) is 49.5 Å². The van der Waals surface area contributed by atoms with Gasteiger partial charge in [-0.1, -0.05) is 30.3 Å². The summed E-state index contributed by atoms with van der Waals surface area (Å²) in [6.45, 7) is 3.74.